The summed E-state index contributed by atoms with van der Waals surface area (Å²) in [5.41, 5.74) is 5.45. The zero-order valence-electron chi connectivity index (χ0n) is 31.5. The van der Waals surface area contributed by atoms with Gasteiger partial charge < -0.3 is 29.6 Å². The van der Waals surface area contributed by atoms with Crippen molar-refractivity contribution in [1.29, 1.82) is 0 Å². The van der Waals surface area contributed by atoms with Crippen molar-refractivity contribution in [3.63, 3.8) is 0 Å². The Morgan fingerprint density at radius 1 is 1.11 bits per heavy atom. The van der Waals surface area contributed by atoms with Gasteiger partial charge in [0.05, 0.1) is 29.0 Å². The number of benzene rings is 2. The number of fused-ring (bicyclic) bond motifs is 1. The van der Waals surface area contributed by atoms with Gasteiger partial charge in [-0.1, -0.05) is 41.3 Å². The standard InChI is InChI=1S/C37H42Cl2FN9O6/c1-19-15-26(47(8)32(19)43-24(13-14-50)23-17-21(38)10-12-25(23)48(42)18-28(39)41)31-44-29(30(40)45-31)20-9-11-22-27(16-20)55-46-33(22)49(34(51)53-36(2,3)4)35(52)54-37(5,6)7/h9-14,16-19,26H,15,41-42H2,1-8H3,(H,44,45)/b24-13-,28-18-,43-32-/t19-,26?/m1/s1. The second-order valence-corrected chi connectivity index (χ2v) is 15.7. The van der Waals surface area contributed by atoms with Crippen LogP contribution < -0.4 is 21.5 Å². The molecule has 55 heavy (non-hydrogen) atoms. The molecule has 292 valence electrons. The average Bonchev–Trinajstić information content (AvgIpc) is 3.73. The molecule has 1 aliphatic heterocycles. The molecule has 1 fully saturated rings. The SMILES string of the molecule is C[C@@H]1CC(c2nc(F)c(-c3ccc4c(N(C(=O)OC(C)(C)C)C(=O)OC(C)(C)C)noc4c3)[nH]2)N(C)/C1=N\C(=C/C=O)c1cc(Cl)ccc1N(N)/C=C(\N)Cl. The maximum atomic E-state index is 15.6. The van der Waals surface area contributed by atoms with Crippen LogP contribution in [0.5, 0.6) is 0 Å². The van der Waals surface area contributed by atoms with E-state index in [2.05, 4.69) is 15.1 Å². The van der Waals surface area contributed by atoms with Crippen molar-refractivity contribution in [2.75, 3.05) is 17.0 Å². The topological polar surface area (TPSA) is 199 Å². The van der Waals surface area contributed by atoms with Gasteiger partial charge in [0, 0.05) is 35.2 Å². The lowest BCUT2D eigenvalue weighted by molar-refractivity contribution is -0.104. The fourth-order valence-corrected chi connectivity index (χ4v) is 6.21. The summed E-state index contributed by atoms with van der Waals surface area (Å²) in [6, 6.07) is 9.06. The van der Waals surface area contributed by atoms with Crippen molar-refractivity contribution in [2.24, 2.45) is 22.5 Å². The summed E-state index contributed by atoms with van der Waals surface area (Å²) in [6.07, 6.45) is 1.66. The van der Waals surface area contributed by atoms with E-state index in [0.29, 0.717) is 51.1 Å². The number of nitrogens with two attached hydrogens (primary N) is 2. The number of hydrogen-bond donors (Lipinski definition) is 3. The monoisotopic (exact) mass is 797 g/mol. The van der Waals surface area contributed by atoms with Gasteiger partial charge in [-0.05, 0) is 78.3 Å². The number of amidine groups is 1. The number of anilines is 2. The molecular formula is C37H42Cl2FN9O6. The molecule has 2 amide bonds. The van der Waals surface area contributed by atoms with Crippen molar-refractivity contribution in [2.45, 2.75) is 72.1 Å². The summed E-state index contributed by atoms with van der Waals surface area (Å²) in [6.45, 7) is 11.9. The number of H-pyrrole nitrogens is 1. The minimum atomic E-state index is -1.01. The minimum absolute atomic E-state index is 0.0668. The molecule has 1 saturated heterocycles. The van der Waals surface area contributed by atoms with E-state index in [1.54, 1.807) is 72.9 Å². The van der Waals surface area contributed by atoms with Gasteiger partial charge in [-0.2, -0.15) is 9.29 Å². The molecule has 4 aromatic rings. The van der Waals surface area contributed by atoms with Crippen molar-refractivity contribution in [3.05, 3.63) is 76.2 Å². The number of imidazole rings is 1. The molecule has 18 heteroatoms. The summed E-state index contributed by atoms with van der Waals surface area (Å²) in [7, 11) is 1.79. The Balaban J connectivity index is 1.46. The van der Waals surface area contributed by atoms with Gasteiger partial charge in [0.2, 0.25) is 5.95 Å². The third-order valence-corrected chi connectivity index (χ3v) is 8.51. The van der Waals surface area contributed by atoms with Gasteiger partial charge in [0.1, 0.15) is 40.0 Å². The van der Waals surface area contributed by atoms with E-state index in [9.17, 15) is 14.4 Å². The number of allylic oxidation sites excluding steroid dienone is 1. The molecule has 0 radical (unpaired) electrons. The zero-order valence-corrected chi connectivity index (χ0v) is 33.0. The molecule has 0 bridgehead atoms. The number of carbonyl (C=O) groups excluding carboxylic acids is 3. The van der Waals surface area contributed by atoms with E-state index in [1.165, 1.54) is 29.4 Å². The number of nitrogens with zero attached hydrogens (tertiary/aromatic N) is 6. The number of aliphatic imine (C=N–C) groups is 1. The van der Waals surface area contributed by atoms with Gasteiger partial charge in [-0.3, -0.25) is 9.80 Å². The number of aldehydes is 1. The number of rotatable bonds is 8. The van der Waals surface area contributed by atoms with Crippen LogP contribution in [0.25, 0.3) is 27.9 Å². The zero-order chi connectivity index (χ0) is 40.6. The Morgan fingerprint density at radius 2 is 1.76 bits per heavy atom. The number of nitrogens with one attached hydrogen (secondary N) is 1. The van der Waals surface area contributed by atoms with Gasteiger partial charge in [0.15, 0.2) is 11.4 Å². The highest BCUT2D eigenvalue weighted by Crippen LogP contribution is 2.39. The number of aromatic nitrogens is 3. The molecule has 0 saturated carbocycles. The maximum absolute atomic E-state index is 15.6. The fraction of sp³-hybridized carbons (Fsp3) is 0.351. The number of halogens is 3. The van der Waals surface area contributed by atoms with Crippen LogP contribution in [0.2, 0.25) is 5.02 Å². The molecule has 5 N–H and O–H groups in total. The van der Waals surface area contributed by atoms with E-state index in [-0.39, 0.29) is 39.3 Å². The Labute approximate surface area is 326 Å². The van der Waals surface area contributed by atoms with Gasteiger partial charge in [0.25, 0.3) is 0 Å². The number of hydrogen-bond acceptors (Lipinski definition) is 12. The van der Waals surface area contributed by atoms with Gasteiger partial charge in [-0.25, -0.2) is 25.4 Å². The lowest BCUT2D eigenvalue weighted by Gasteiger charge is -2.27. The highest BCUT2D eigenvalue weighted by atomic mass is 35.5. The van der Waals surface area contributed by atoms with Crippen LogP contribution >= 0.6 is 23.2 Å². The number of hydrazine groups is 1. The summed E-state index contributed by atoms with van der Waals surface area (Å²) in [5, 5.41) is 5.76. The Bertz CT molecular complexity index is 2190. The summed E-state index contributed by atoms with van der Waals surface area (Å²) < 4.78 is 32.1. The molecule has 0 aliphatic carbocycles. The normalized spacial score (nSPS) is 17.5. The first-order chi connectivity index (χ1) is 25.7. The van der Waals surface area contributed by atoms with E-state index in [0.717, 1.165) is 0 Å². The first-order valence-electron chi connectivity index (χ1n) is 17.0. The highest BCUT2D eigenvalue weighted by Gasteiger charge is 2.38. The third kappa shape index (κ3) is 9.27. The van der Waals surface area contributed by atoms with E-state index >= 15 is 4.39 Å². The first-order valence-corrected chi connectivity index (χ1v) is 17.8. The smallest absolute Gasteiger partial charge is 0.425 e. The molecular weight excluding hydrogens is 756 g/mol. The van der Waals surface area contributed by atoms with Crippen LogP contribution in [0, 0.1) is 11.9 Å². The largest absolute Gasteiger partial charge is 0.443 e. The predicted molar refractivity (Wildman–Crippen MR) is 208 cm³/mol. The number of imide groups is 1. The predicted octanol–water partition coefficient (Wildman–Crippen LogP) is 8.01. The molecule has 3 heterocycles. The Kier molecular flexibility index (Phi) is 11.6. The summed E-state index contributed by atoms with van der Waals surface area (Å²) in [4.78, 5) is 53.0. The molecule has 2 aromatic heterocycles. The molecule has 5 rings (SSSR count). The highest BCUT2D eigenvalue weighted by molar-refractivity contribution is 6.31. The lowest BCUT2D eigenvalue weighted by atomic mass is 10.1. The summed E-state index contributed by atoms with van der Waals surface area (Å²) >= 11 is 12.2. The van der Waals surface area contributed by atoms with E-state index < -0.39 is 35.4 Å². The number of ether oxygens (including phenoxy) is 2. The maximum Gasteiger partial charge on any atom is 0.425 e. The minimum Gasteiger partial charge on any atom is -0.443 e. The first kappa shape index (κ1) is 40.7. The molecule has 2 atom stereocenters. The van der Waals surface area contributed by atoms with Crippen molar-refractivity contribution in [3.8, 4) is 11.3 Å². The van der Waals surface area contributed by atoms with E-state index in [4.69, 9.17) is 53.8 Å². The van der Waals surface area contributed by atoms with Gasteiger partial charge in [-0.15, -0.1) is 0 Å². The number of likely N-dealkylation sites (tertiary alicyclic amines) is 1. The second-order valence-electron chi connectivity index (χ2n) is 14.8. The number of amides is 2. The number of aromatic amines is 1. The second kappa shape index (κ2) is 15.7. The molecule has 1 aliphatic rings. The Morgan fingerprint density at radius 3 is 2.36 bits per heavy atom. The fourth-order valence-electron chi connectivity index (χ4n) is 5.93. The molecule has 0 spiro atoms. The van der Waals surface area contributed by atoms with Crippen molar-refractivity contribution >= 4 is 75.7 Å². The van der Waals surface area contributed by atoms with Crippen LogP contribution in [0.15, 0.2) is 63.3 Å². The molecule has 2 aromatic carbocycles. The Hall–Kier alpha value is -5.45. The quantitative estimate of drug-likeness (QED) is 0.0511. The van der Waals surface area contributed by atoms with E-state index in [1.807, 2.05) is 11.8 Å². The summed E-state index contributed by atoms with van der Waals surface area (Å²) in [5.74, 6) is 6.03. The van der Waals surface area contributed by atoms with Crippen LogP contribution in [0.3, 0.4) is 0 Å². The van der Waals surface area contributed by atoms with Gasteiger partial charge >= 0.3 is 12.2 Å². The van der Waals surface area contributed by atoms with Crippen molar-refractivity contribution in [1.82, 2.24) is 20.0 Å². The van der Waals surface area contributed by atoms with Crippen molar-refractivity contribution < 1.29 is 32.8 Å². The molecule has 1 unspecified atom stereocenters. The third-order valence-electron chi connectivity index (χ3n) is 8.18. The average molecular weight is 799 g/mol. The van der Waals surface area contributed by atoms with Crippen LogP contribution in [-0.4, -0.2) is 62.6 Å². The van der Waals surface area contributed by atoms with Crippen LogP contribution in [0.4, 0.5) is 25.5 Å². The van der Waals surface area contributed by atoms with Crippen LogP contribution in [-0.2, 0) is 14.3 Å². The lowest BCUT2D eigenvalue weighted by Crippen LogP contribution is -2.44. The number of carbonyl (C=O) groups is 3. The van der Waals surface area contributed by atoms with Crippen LogP contribution in [0.1, 0.15) is 72.3 Å². The molecule has 15 nitrogen and oxygen atoms in total.